The number of halogens is 4. The van der Waals surface area contributed by atoms with E-state index in [1.165, 1.54) is 69.5 Å². The molecule has 526 valence electrons. The number of fused-ring (bicyclic) bond motifs is 2. The molecule has 13 atom stereocenters. The summed E-state index contributed by atoms with van der Waals surface area (Å²) in [5.41, 5.74) is -1.48. The van der Waals surface area contributed by atoms with Crippen molar-refractivity contribution in [2.45, 2.75) is 262 Å². The molecule has 0 aromatic rings. The molecule has 3 aliphatic heterocycles. The Morgan fingerprint density at radius 1 is 0.613 bits per heavy atom. The molecule has 6 rings (SSSR count). The molecule has 3 aliphatic carbocycles. The van der Waals surface area contributed by atoms with Crippen molar-refractivity contribution in [2.75, 3.05) is 54.9 Å². The monoisotopic (exact) mass is 1340 g/mol. The number of nitrogens with zero attached hydrogens (tertiary/aromatic N) is 7. The van der Waals surface area contributed by atoms with Gasteiger partial charge in [-0.3, -0.25) is 52.7 Å². The highest BCUT2D eigenvalue weighted by atomic mass is 35.5. The van der Waals surface area contributed by atoms with Crippen molar-refractivity contribution in [3.8, 4) is 0 Å². The Balaban J connectivity index is 1.36. The number of alkyl halides is 4. The topological polar surface area (TPSA) is 259 Å². The van der Waals surface area contributed by atoms with E-state index in [0.717, 1.165) is 25.7 Å². The van der Waals surface area contributed by atoms with Crippen LogP contribution in [-0.4, -0.2) is 226 Å². The van der Waals surface area contributed by atoms with Gasteiger partial charge in [-0.15, -0.1) is 11.6 Å². The Morgan fingerprint density at radius 3 is 1.81 bits per heavy atom. The van der Waals surface area contributed by atoms with E-state index in [1.807, 2.05) is 20.8 Å². The molecule has 3 saturated carbocycles. The summed E-state index contributed by atoms with van der Waals surface area (Å²) in [5.74, 6) is -8.89. The van der Waals surface area contributed by atoms with E-state index in [2.05, 4.69) is 28.2 Å². The van der Waals surface area contributed by atoms with E-state index in [-0.39, 0.29) is 108 Å². The largest absolute Gasteiger partial charge is 0.393 e. The molecule has 6 aliphatic rings. The van der Waals surface area contributed by atoms with Crippen molar-refractivity contribution in [1.82, 2.24) is 55.6 Å². The van der Waals surface area contributed by atoms with Gasteiger partial charge in [0, 0.05) is 66.2 Å². The first-order valence-corrected chi connectivity index (χ1v) is 34.8. The average molecular weight is 1340 g/mol. The molecule has 93 heavy (non-hydrogen) atoms. The Bertz CT molecular complexity index is 2690. The lowest BCUT2D eigenvalue weighted by Crippen LogP contribution is -2.65. The summed E-state index contributed by atoms with van der Waals surface area (Å²) >= 11 is 6.38. The second-order valence-corrected chi connectivity index (χ2v) is 29.8. The number of nitrogens with one attached hydrogen (secondary N) is 4. The maximum atomic E-state index is 15.1. The Labute approximate surface area is 554 Å². The van der Waals surface area contributed by atoms with Gasteiger partial charge in [-0.1, -0.05) is 93.4 Å². The number of hydrogen-bond acceptors (Lipinski definition) is 11. The van der Waals surface area contributed by atoms with Crippen molar-refractivity contribution in [2.24, 2.45) is 41.4 Å². The molecule has 4 N–H and O–H groups in total. The minimum absolute atomic E-state index is 0.0153. The first kappa shape index (κ1) is 76.3. The van der Waals surface area contributed by atoms with Crippen molar-refractivity contribution in [1.29, 1.82) is 0 Å². The zero-order chi connectivity index (χ0) is 69.3. The molecule has 26 heteroatoms. The van der Waals surface area contributed by atoms with E-state index in [9.17, 15) is 56.3 Å². The van der Waals surface area contributed by atoms with Crippen LogP contribution in [0.15, 0.2) is 0 Å². The van der Waals surface area contributed by atoms with Crippen LogP contribution in [0.25, 0.3) is 0 Å². The number of hydrogen-bond donors (Lipinski definition) is 4. The van der Waals surface area contributed by atoms with Crippen LogP contribution >= 0.6 is 11.6 Å². The lowest BCUT2D eigenvalue weighted by Gasteiger charge is -2.45. The normalized spacial score (nSPS) is 32.7. The molecule has 0 aromatic carbocycles. The molecular formula is C67H109ClF3N11O11. The molecule has 0 aromatic heterocycles. The quantitative estimate of drug-likeness (QED) is 0.184. The lowest BCUT2D eigenvalue weighted by atomic mass is 9.78. The van der Waals surface area contributed by atoms with E-state index in [0.29, 0.717) is 31.6 Å². The molecule has 3 saturated heterocycles. The first-order valence-electron chi connectivity index (χ1n) is 34.4. The Morgan fingerprint density at radius 2 is 1.24 bits per heavy atom. The third-order valence-corrected chi connectivity index (χ3v) is 21.9. The Kier molecular flexibility index (Phi) is 26.9. The maximum absolute atomic E-state index is 15.1. The second-order valence-electron chi connectivity index (χ2n) is 29.2. The molecular weight excluding hydrogens is 1230 g/mol. The lowest BCUT2D eigenvalue weighted by molar-refractivity contribution is -0.182. The van der Waals surface area contributed by atoms with Gasteiger partial charge in [0.05, 0.1) is 12.5 Å². The Hall–Kier alpha value is -5.75. The molecule has 22 nitrogen and oxygen atoms in total. The van der Waals surface area contributed by atoms with Crippen LogP contribution < -0.4 is 21.3 Å². The van der Waals surface area contributed by atoms with Gasteiger partial charge in [0.25, 0.3) is 0 Å². The van der Waals surface area contributed by atoms with Gasteiger partial charge in [-0.25, -0.2) is 0 Å². The molecule has 0 bridgehead atoms. The number of carbonyl (C=O) groups is 11. The highest BCUT2D eigenvalue weighted by Crippen LogP contribution is 2.44. The maximum Gasteiger partial charge on any atom is 0.393 e. The van der Waals surface area contributed by atoms with Gasteiger partial charge < -0.3 is 55.6 Å². The minimum Gasteiger partial charge on any atom is -0.351 e. The zero-order valence-electron chi connectivity index (χ0n) is 57.7. The minimum atomic E-state index is -4.49. The van der Waals surface area contributed by atoms with Crippen LogP contribution in [0.4, 0.5) is 13.2 Å². The molecule has 0 radical (unpaired) electrons. The first-order chi connectivity index (χ1) is 43.5. The van der Waals surface area contributed by atoms with Crippen molar-refractivity contribution in [3.05, 3.63) is 0 Å². The van der Waals surface area contributed by atoms with Crippen molar-refractivity contribution >= 4 is 76.6 Å². The van der Waals surface area contributed by atoms with E-state index >= 15 is 9.59 Å². The van der Waals surface area contributed by atoms with Crippen molar-refractivity contribution in [3.63, 3.8) is 0 Å². The standard InChI is InChI=1S/C67H109ClF3N11O11/c1-15-41(7)55-64(92)77(11)43(9)60(88)82-32-28-50(82)63(91)79(13)52(36-45-22-20-40(6)21-23-45)62(90)76(10)37-53(83)73-48(27-25-44-24-26-46(47(68)35-44)67(69,70)71)61(89)81-31-18-19-49(81)58(86)75-66(29-16-17-30-66)65(93)80(14)56(39(4)5)59(87)72-42(8)34-54(84)78(12)51(33-38(2)3)57(85)74-55/h38-52,55-56H,15-37H2,1-14H3,(H,72,87)(H,73,83)(H,74,85)(H,75,86)/t40?,41-,42+,43-,44?,45?,46?,47?,48-,49-,50-,51-,52-,55-,56-/m0/s1. The molecule has 3 heterocycles. The molecule has 6 fully saturated rings. The summed E-state index contributed by atoms with van der Waals surface area (Å²) in [6, 6.07) is -9.71. The van der Waals surface area contributed by atoms with Crippen LogP contribution in [0, 0.1) is 41.4 Å². The predicted octanol–water partition coefficient (Wildman–Crippen LogP) is 6.00. The number of carbonyl (C=O) groups excluding carboxylic acids is 11. The van der Waals surface area contributed by atoms with Crippen LogP contribution in [0.5, 0.6) is 0 Å². The fraction of sp³-hybridized carbons (Fsp3) is 0.836. The summed E-state index contributed by atoms with van der Waals surface area (Å²) < 4.78 is 41.8. The van der Waals surface area contributed by atoms with Crippen LogP contribution in [0.1, 0.15) is 191 Å². The van der Waals surface area contributed by atoms with E-state index in [1.54, 1.807) is 34.6 Å². The number of amides is 11. The fourth-order valence-corrected chi connectivity index (χ4v) is 15.6. The summed E-state index contributed by atoms with van der Waals surface area (Å²) in [6.45, 7) is 16.0. The van der Waals surface area contributed by atoms with Crippen LogP contribution in [0.3, 0.4) is 0 Å². The number of rotatable bonds is 10. The van der Waals surface area contributed by atoms with Gasteiger partial charge in [0.2, 0.25) is 65.0 Å². The molecule has 1 spiro atoms. The van der Waals surface area contributed by atoms with E-state index < -0.39 is 161 Å². The smallest absolute Gasteiger partial charge is 0.351 e. The van der Waals surface area contributed by atoms with Crippen LogP contribution in [0.2, 0.25) is 0 Å². The molecule has 11 amide bonds. The summed E-state index contributed by atoms with van der Waals surface area (Å²) in [5, 5.41) is 10.5. The third-order valence-electron chi connectivity index (χ3n) is 21.4. The highest BCUT2D eigenvalue weighted by molar-refractivity contribution is 6.20. The SMILES string of the molecule is CC[C@H](C)[C@@H]1NC(=O)[C@H](CC(C)C)N(C)C(=O)C[C@@H](C)NC(=O)[C@H](C(C)C)N(C)C(=O)C2(CCCC2)NC(=O)[C@@H]2CCCN2C(=O)[C@H](CCC2CCC(C(F)(F)F)C(Cl)C2)NC(=O)CN(C)C(=O)[C@H](CC2CCC(C)CC2)N(C)C(=O)[C@@H]2CCN2C(=O)[C@H](C)N(C)C1=O. The van der Waals surface area contributed by atoms with Crippen molar-refractivity contribution < 1.29 is 65.9 Å². The molecule has 3 unspecified atom stereocenters. The third kappa shape index (κ3) is 18.6. The zero-order valence-corrected chi connectivity index (χ0v) is 58.5. The second kappa shape index (κ2) is 32.8. The van der Waals surface area contributed by atoms with Gasteiger partial charge in [0.1, 0.15) is 53.9 Å². The van der Waals surface area contributed by atoms with Crippen LogP contribution in [-0.2, 0) is 52.7 Å². The average Bonchev–Trinajstić information content (AvgIpc) is 1.77. The number of likely N-dealkylation sites (N-methyl/N-ethyl adjacent to an activating group) is 5. The fourth-order valence-electron chi connectivity index (χ4n) is 15.1. The van der Waals surface area contributed by atoms with Gasteiger partial charge in [-0.2, -0.15) is 13.2 Å². The summed E-state index contributed by atoms with van der Waals surface area (Å²) in [4.78, 5) is 171. The van der Waals surface area contributed by atoms with Gasteiger partial charge in [0.15, 0.2) is 0 Å². The summed E-state index contributed by atoms with van der Waals surface area (Å²) in [7, 11) is 7.36. The summed E-state index contributed by atoms with van der Waals surface area (Å²) in [6.07, 6.45) is 2.13. The predicted molar refractivity (Wildman–Crippen MR) is 345 cm³/mol. The van der Waals surface area contributed by atoms with Gasteiger partial charge in [-0.05, 0) is 126 Å². The van der Waals surface area contributed by atoms with E-state index in [4.69, 9.17) is 11.6 Å². The van der Waals surface area contributed by atoms with Gasteiger partial charge >= 0.3 is 6.18 Å². The highest BCUT2D eigenvalue weighted by Gasteiger charge is 2.51.